The third-order valence-electron chi connectivity index (χ3n) is 6.32. The number of anilines is 1. The Bertz CT molecular complexity index is 1140. The quantitative estimate of drug-likeness (QED) is 0.621. The van der Waals surface area contributed by atoms with E-state index in [-0.39, 0.29) is 22.4 Å². The average Bonchev–Trinajstić information content (AvgIpc) is 2.96. The van der Waals surface area contributed by atoms with E-state index in [0.29, 0.717) is 25.2 Å². The molecular weight excluding hydrogens is 440 g/mol. The molecular formula is C25H30N2O5S. The molecule has 176 valence electrons. The number of ether oxygens (including phenoxy) is 1. The Kier molecular flexibility index (Phi) is 6.74. The molecule has 1 amide bonds. The van der Waals surface area contributed by atoms with E-state index in [9.17, 15) is 18.0 Å². The molecule has 0 radical (unpaired) electrons. The van der Waals surface area contributed by atoms with Gasteiger partial charge in [-0.2, -0.15) is 0 Å². The summed E-state index contributed by atoms with van der Waals surface area (Å²) >= 11 is 0. The summed E-state index contributed by atoms with van der Waals surface area (Å²) in [6, 6.07) is 13.0. The Morgan fingerprint density at radius 1 is 1.00 bits per heavy atom. The maximum Gasteiger partial charge on any atom is 0.338 e. The average molecular weight is 471 g/mol. The Hall–Kier alpha value is -2.87. The van der Waals surface area contributed by atoms with E-state index in [0.717, 1.165) is 31.2 Å². The predicted octanol–water partition coefficient (Wildman–Crippen LogP) is 3.77. The number of fused-ring (bicyclic) bond motifs is 1. The number of hydrogen-bond donors (Lipinski definition) is 0. The summed E-state index contributed by atoms with van der Waals surface area (Å²) < 4.78 is 33.8. The largest absolute Gasteiger partial charge is 0.449 e. The first-order chi connectivity index (χ1) is 15.8. The monoisotopic (exact) mass is 470 g/mol. The number of carbonyl (C=O) groups excluding carboxylic acids is 2. The van der Waals surface area contributed by atoms with Gasteiger partial charge in [-0.15, -0.1) is 0 Å². The number of esters is 1. The standard InChI is InChI=1S/C25H30N2O5S/c1-18-16-20-10-5-6-13-23(20)27(18)33(30,31)22-12-9-11-21(17-22)25(29)32-19(2)24(28)26-14-7-3-4-8-15-26/h5-6,9-13,17-19H,3-4,7-8,14-16H2,1-2H3. The first kappa shape index (κ1) is 23.3. The van der Waals surface area contributed by atoms with Gasteiger partial charge in [-0.1, -0.05) is 37.1 Å². The van der Waals surface area contributed by atoms with E-state index in [1.165, 1.54) is 28.6 Å². The molecule has 2 unspecified atom stereocenters. The highest BCUT2D eigenvalue weighted by Gasteiger charge is 2.36. The van der Waals surface area contributed by atoms with Gasteiger partial charge in [-0.05, 0) is 62.9 Å². The van der Waals surface area contributed by atoms with Gasteiger partial charge >= 0.3 is 5.97 Å². The van der Waals surface area contributed by atoms with Crippen molar-refractivity contribution in [2.45, 2.75) is 63.0 Å². The number of carbonyl (C=O) groups is 2. The van der Waals surface area contributed by atoms with Gasteiger partial charge in [0.15, 0.2) is 6.10 Å². The van der Waals surface area contributed by atoms with Gasteiger partial charge in [0.25, 0.3) is 15.9 Å². The highest BCUT2D eigenvalue weighted by Crippen LogP contribution is 2.36. The molecule has 1 fully saturated rings. The molecule has 0 N–H and O–H groups in total. The fourth-order valence-corrected chi connectivity index (χ4v) is 6.37. The van der Waals surface area contributed by atoms with E-state index in [2.05, 4.69) is 0 Å². The van der Waals surface area contributed by atoms with Crippen molar-refractivity contribution in [3.05, 3.63) is 59.7 Å². The summed E-state index contributed by atoms with van der Waals surface area (Å²) in [6.07, 6.45) is 3.79. The summed E-state index contributed by atoms with van der Waals surface area (Å²) in [5, 5.41) is 0. The van der Waals surface area contributed by atoms with Crippen LogP contribution >= 0.6 is 0 Å². The van der Waals surface area contributed by atoms with Crippen LogP contribution in [0.15, 0.2) is 53.4 Å². The Balaban J connectivity index is 1.51. The van der Waals surface area contributed by atoms with Gasteiger partial charge in [0.1, 0.15) is 0 Å². The molecule has 2 aromatic carbocycles. The SMILES string of the molecule is CC(OC(=O)c1cccc(S(=O)(=O)N2c3ccccc3CC2C)c1)C(=O)N1CCCCCC1. The zero-order chi connectivity index (χ0) is 23.6. The summed E-state index contributed by atoms with van der Waals surface area (Å²) in [5.41, 5.74) is 1.74. The van der Waals surface area contributed by atoms with Crippen LogP contribution in [0.25, 0.3) is 0 Å². The number of benzene rings is 2. The number of rotatable bonds is 5. The van der Waals surface area contributed by atoms with Crippen LogP contribution in [0, 0.1) is 0 Å². The minimum Gasteiger partial charge on any atom is -0.449 e. The van der Waals surface area contributed by atoms with Crippen molar-refractivity contribution in [2.75, 3.05) is 17.4 Å². The van der Waals surface area contributed by atoms with Crippen molar-refractivity contribution in [2.24, 2.45) is 0 Å². The first-order valence-corrected chi connectivity index (χ1v) is 12.9. The second-order valence-corrected chi connectivity index (χ2v) is 10.6. The lowest BCUT2D eigenvalue weighted by Gasteiger charge is -2.25. The summed E-state index contributed by atoms with van der Waals surface area (Å²) in [4.78, 5) is 27.3. The van der Waals surface area contributed by atoms with Crippen LogP contribution < -0.4 is 4.31 Å². The van der Waals surface area contributed by atoms with E-state index >= 15 is 0 Å². The summed E-state index contributed by atoms with van der Waals surface area (Å²) in [7, 11) is -3.87. The van der Waals surface area contributed by atoms with Crippen LogP contribution in [-0.4, -0.2) is 50.4 Å². The van der Waals surface area contributed by atoms with Crippen LogP contribution in [0.1, 0.15) is 55.5 Å². The van der Waals surface area contributed by atoms with Gasteiger partial charge in [-0.3, -0.25) is 9.10 Å². The van der Waals surface area contributed by atoms with Crippen LogP contribution in [0.5, 0.6) is 0 Å². The molecule has 2 aliphatic heterocycles. The summed E-state index contributed by atoms with van der Waals surface area (Å²) in [5.74, 6) is -0.922. The number of nitrogens with zero attached hydrogens (tertiary/aromatic N) is 2. The van der Waals surface area contributed by atoms with Crippen molar-refractivity contribution in [1.82, 2.24) is 4.90 Å². The van der Waals surface area contributed by atoms with E-state index < -0.39 is 22.1 Å². The number of amides is 1. The van der Waals surface area contributed by atoms with E-state index in [1.807, 2.05) is 25.1 Å². The fraction of sp³-hybridized carbons (Fsp3) is 0.440. The van der Waals surface area contributed by atoms with Crippen molar-refractivity contribution in [3.8, 4) is 0 Å². The van der Waals surface area contributed by atoms with Crippen molar-refractivity contribution < 1.29 is 22.7 Å². The maximum atomic E-state index is 13.5. The van der Waals surface area contributed by atoms with Gasteiger partial charge in [0.05, 0.1) is 16.1 Å². The Morgan fingerprint density at radius 3 is 2.42 bits per heavy atom. The molecule has 2 heterocycles. The number of sulfonamides is 1. The lowest BCUT2D eigenvalue weighted by atomic mass is 10.1. The molecule has 2 atom stereocenters. The van der Waals surface area contributed by atoms with Gasteiger partial charge in [-0.25, -0.2) is 13.2 Å². The van der Waals surface area contributed by atoms with Gasteiger partial charge < -0.3 is 9.64 Å². The second kappa shape index (κ2) is 9.55. The minimum atomic E-state index is -3.87. The van der Waals surface area contributed by atoms with E-state index in [1.54, 1.807) is 17.9 Å². The smallest absolute Gasteiger partial charge is 0.338 e. The number of hydrogen-bond acceptors (Lipinski definition) is 5. The molecule has 2 aliphatic rings. The Labute approximate surface area is 195 Å². The van der Waals surface area contributed by atoms with E-state index in [4.69, 9.17) is 4.74 Å². The highest BCUT2D eigenvalue weighted by atomic mass is 32.2. The molecule has 0 spiro atoms. The van der Waals surface area contributed by atoms with Crippen molar-refractivity contribution >= 4 is 27.6 Å². The number of para-hydroxylation sites is 1. The zero-order valence-corrected chi connectivity index (χ0v) is 19.9. The molecule has 2 aromatic rings. The molecule has 0 saturated carbocycles. The van der Waals surface area contributed by atoms with Crippen molar-refractivity contribution in [1.29, 1.82) is 0 Å². The van der Waals surface area contributed by atoms with Crippen LogP contribution in [0.4, 0.5) is 5.69 Å². The normalized spacial score (nSPS) is 19.5. The lowest BCUT2D eigenvalue weighted by Crippen LogP contribution is -2.40. The van der Waals surface area contributed by atoms with Crippen LogP contribution in [-0.2, 0) is 26.0 Å². The molecule has 33 heavy (non-hydrogen) atoms. The molecule has 7 nitrogen and oxygen atoms in total. The predicted molar refractivity (Wildman–Crippen MR) is 126 cm³/mol. The third kappa shape index (κ3) is 4.76. The molecule has 0 aliphatic carbocycles. The van der Waals surface area contributed by atoms with Crippen LogP contribution in [0.2, 0.25) is 0 Å². The lowest BCUT2D eigenvalue weighted by molar-refractivity contribution is -0.139. The zero-order valence-electron chi connectivity index (χ0n) is 19.1. The number of likely N-dealkylation sites (tertiary alicyclic amines) is 1. The second-order valence-electron chi connectivity index (χ2n) is 8.80. The molecule has 4 rings (SSSR count). The van der Waals surface area contributed by atoms with Crippen LogP contribution in [0.3, 0.4) is 0 Å². The fourth-order valence-electron chi connectivity index (χ4n) is 4.63. The van der Waals surface area contributed by atoms with Gasteiger partial charge in [0, 0.05) is 19.1 Å². The maximum absolute atomic E-state index is 13.5. The molecule has 1 saturated heterocycles. The topological polar surface area (TPSA) is 84.0 Å². The minimum absolute atomic E-state index is 0.0204. The summed E-state index contributed by atoms with van der Waals surface area (Å²) in [6.45, 7) is 4.77. The molecule has 0 aromatic heterocycles. The first-order valence-electron chi connectivity index (χ1n) is 11.5. The van der Waals surface area contributed by atoms with Gasteiger partial charge in [0.2, 0.25) is 0 Å². The van der Waals surface area contributed by atoms with Crippen molar-refractivity contribution in [3.63, 3.8) is 0 Å². The third-order valence-corrected chi connectivity index (χ3v) is 8.24. The molecule has 0 bridgehead atoms. The highest BCUT2D eigenvalue weighted by molar-refractivity contribution is 7.92. The Morgan fingerprint density at radius 2 is 1.70 bits per heavy atom. The molecule has 8 heteroatoms.